The summed E-state index contributed by atoms with van der Waals surface area (Å²) >= 11 is 1.89. The lowest BCUT2D eigenvalue weighted by atomic mass is 9.82. The zero-order chi connectivity index (χ0) is 16.4. The number of benzene rings is 1. The fraction of sp³-hybridized carbons (Fsp3) is 0.524. The van der Waals surface area contributed by atoms with Crippen LogP contribution in [0.25, 0.3) is 0 Å². The van der Waals surface area contributed by atoms with Gasteiger partial charge in [-0.3, -0.25) is 4.90 Å². The second-order valence-corrected chi connectivity index (χ2v) is 8.22. The molecule has 3 atom stereocenters. The van der Waals surface area contributed by atoms with Crippen LogP contribution in [-0.2, 0) is 17.6 Å². The first-order valence-electron chi connectivity index (χ1n) is 9.24. The summed E-state index contributed by atoms with van der Waals surface area (Å²) in [5, 5.41) is 2.19. The Hall–Kier alpha value is -1.16. The van der Waals surface area contributed by atoms with Crippen molar-refractivity contribution in [3.05, 3.63) is 57.8 Å². The van der Waals surface area contributed by atoms with Gasteiger partial charge >= 0.3 is 0 Å². The third-order valence-electron chi connectivity index (χ3n) is 5.80. The van der Waals surface area contributed by atoms with Gasteiger partial charge in [0.05, 0.1) is 0 Å². The van der Waals surface area contributed by atoms with Gasteiger partial charge in [-0.15, -0.1) is 11.3 Å². The van der Waals surface area contributed by atoms with E-state index >= 15 is 0 Å². The molecule has 1 fully saturated rings. The average Bonchev–Trinajstić information content (AvgIpc) is 3.26. The minimum absolute atomic E-state index is 0.295. The Morgan fingerprint density at radius 1 is 1.12 bits per heavy atom. The van der Waals surface area contributed by atoms with Gasteiger partial charge in [0.1, 0.15) is 6.23 Å². The average molecular weight is 342 g/mol. The minimum Gasteiger partial charge on any atom is -0.366 e. The molecule has 24 heavy (non-hydrogen) atoms. The molecule has 0 bridgehead atoms. The van der Waals surface area contributed by atoms with Gasteiger partial charge in [-0.1, -0.05) is 30.3 Å². The van der Waals surface area contributed by atoms with Crippen molar-refractivity contribution in [3.63, 3.8) is 0 Å². The smallest absolute Gasteiger partial charge is 0.110 e. The summed E-state index contributed by atoms with van der Waals surface area (Å²) in [6.45, 7) is 1.14. The van der Waals surface area contributed by atoms with Crippen LogP contribution in [0.15, 0.2) is 41.8 Å². The van der Waals surface area contributed by atoms with Crippen LogP contribution < -0.4 is 0 Å². The van der Waals surface area contributed by atoms with Crippen LogP contribution in [0.1, 0.15) is 47.6 Å². The molecule has 3 unspecified atom stereocenters. The molecule has 2 aliphatic rings. The van der Waals surface area contributed by atoms with E-state index < -0.39 is 0 Å². The largest absolute Gasteiger partial charge is 0.366 e. The number of thiophene rings is 1. The number of likely N-dealkylation sites (tertiary alicyclic amines) is 1. The van der Waals surface area contributed by atoms with Gasteiger partial charge in [0.15, 0.2) is 0 Å². The number of nitrogens with zero attached hydrogens (tertiary/aromatic N) is 1. The lowest BCUT2D eigenvalue weighted by Gasteiger charge is -2.35. The third-order valence-corrected chi connectivity index (χ3v) is 6.70. The van der Waals surface area contributed by atoms with Crippen molar-refractivity contribution in [3.8, 4) is 0 Å². The van der Waals surface area contributed by atoms with E-state index in [9.17, 15) is 0 Å². The first kappa shape index (κ1) is 16.3. The molecule has 1 aliphatic carbocycles. The fourth-order valence-corrected chi connectivity index (χ4v) is 5.38. The van der Waals surface area contributed by atoms with Crippen LogP contribution in [0.4, 0.5) is 0 Å². The highest BCUT2D eigenvalue weighted by molar-refractivity contribution is 7.09. The molecule has 1 aliphatic heterocycles. The van der Waals surface area contributed by atoms with E-state index in [2.05, 4.69) is 46.7 Å². The van der Waals surface area contributed by atoms with Crippen molar-refractivity contribution < 1.29 is 4.74 Å². The molecule has 3 heteroatoms. The van der Waals surface area contributed by atoms with Crippen LogP contribution in [0.3, 0.4) is 0 Å². The first-order valence-corrected chi connectivity index (χ1v) is 10.1. The fourth-order valence-electron chi connectivity index (χ4n) is 4.60. The highest BCUT2D eigenvalue weighted by atomic mass is 32.1. The zero-order valence-electron chi connectivity index (χ0n) is 14.5. The van der Waals surface area contributed by atoms with E-state index in [-0.39, 0.29) is 0 Å². The Kier molecular flexibility index (Phi) is 5.02. The van der Waals surface area contributed by atoms with Gasteiger partial charge in [0.2, 0.25) is 0 Å². The number of hydrogen-bond donors (Lipinski definition) is 0. The van der Waals surface area contributed by atoms with Crippen LogP contribution in [0, 0.1) is 0 Å². The van der Waals surface area contributed by atoms with Crippen molar-refractivity contribution in [1.29, 1.82) is 0 Å². The molecule has 2 heterocycles. The standard InChI is InChI=1S/C21H27NOS/c1-23-21-12-11-18(14-19-9-5-13-24-19)22(21)15-17-8-4-7-16-6-2-3-10-20(16)17/h2-3,5-6,9-10,13,17-18,21H,4,7-8,11-12,14-15H2,1H3. The molecule has 1 aromatic carbocycles. The first-order chi connectivity index (χ1) is 11.8. The summed E-state index contributed by atoms with van der Waals surface area (Å²) in [4.78, 5) is 4.16. The Morgan fingerprint density at radius 2 is 2.04 bits per heavy atom. The normalized spacial score (nSPS) is 27.3. The Labute approximate surface area is 149 Å². The van der Waals surface area contributed by atoms with Gasteiger partial charge in [0, 0.05) is 24.6 Å². The molecule has 0 N–H and O–H groups in total. The van der Waals surface area contributed by atoms with Crippen molar-refractivity contribution >= 4 is 11.3 Å². The number of hydrogen-bond acceptors (Lipinski definition) is 3. The van der Waals surface area contributed by atoms with Crippen molar-refractivity contribution in [1.82, 2.24) is 4.90 Å². The summed E-state index contributed by atoms with van der Waals surface area (Å²) < 4.78 is 5.83. The van der Waals surface area contributed by atoms with E-state index in [1.807, 2.05) is 18.4 Å². The highest BCUT2D eigenvalue weighted by Gasteiger charge is 2.36. The third kappa shape index (κ3) is 3.30. The maximum Gasteiger partial charge on any atom is 0.110 e. The SMILES string of the molecule is COC1CCC(Cc2cccs2)N1CC1CCCc2ccccc21. The van der Waals surface area contributed by atoms with Crippen molar-refractivity contribution in [2.75, 3.05) is 13.7 Å². The van der Waals surface area contributed by atoms with Crippen LogP contribution >= 0.6 is 11.3 Å². The zero-order valence-corrected chi connectivity index (χ0v) is 15.3. The molecule has 0 saturated carbocycles. The maximum atomic E-state index is 5.83. The van der Waals surface area contributed by atoms with Gasteiger partial charge < -0.3 is 4.74 Å². The molecule has 4 rings (SSSR count). The van der Waals surface area contributed by atoms with E-state index in [0.29, 0.717) is 18.2 Å². The van der Waals surface area contributed by atoms with Crippen LogP contribution in [-0.4, -0.2) is 30.8 Å². The van der Waals surface area contributed by atoms with Gasteiger partial charge in [-0.25, -0.2) is 0 Å². The lowest BCUT2D eigenvalue weighted by Crippen LogP contribution is -2.41. The van der Waals surface area contributed by atoms with Crippen molar-refractivity contribution in [2.45, 2.75) is 56.7 Å². The molecule has 2 aromatic rings. The Balaban J connectivity index is 1.52. The van der Waals surface area contributed by atoms with E-state index in [4.69, 9.17) is 4.74 Å². The van der Waals surface area contributed by atoms with Crippen LogP contribution in [0.5, 0.6) is 0 Å². The molecule has 1 aromatic heterocycles. The van der Waals surface area contributed by atoms with Crippen LogP contribution in [0.2, 0.25) is 0 Å². The Bertz CT molecular complexity index is 654. The number of fused-ring (bicyclic) bond motifs is 1. The van der Waals surface area contributed by atoms with Crippen molar-refractivity contribution in [2.24, 2.45) is 0 Å². The maximum absolute atomic E-state index is 5.83. The molecule has 0 radical (unpaired) electrons. The number of methoxy groups -OCH3 is 1. The van der Waals surface area contributed by atoms with Gasteiger partial charge in [-0.05, 0) is 67.0 Å². The topological polar surface area (TPSA) is 12.5 Å². The number of aryl methyl sites for hydroxylation is 1. The van der Waals surface area contributed by atoms with Gasteiger partial charge in [0.25, 0.3) is 0 Å². The molecular weight excluding hydrogens is 314 g/mol. The summed E-state index contributed by atoms with van der Waals surface area (Å²) in [6, 6.07) is 14.1. The molecule has 0 amide bonds. The quantitative estimate of drug-likeness (QED) is 0.771. The van der Waals surface area contributed by atoms with E-state index in [1.165, 1.54) is 43.4 Å². The predicted octanol–water partition coefficient (Wildman–Crippen LogP) is 4.85. The summed E-state index contributed by atoms with van der Waals surface area (Å²) in [5.74, 6) is 0.663. The molecule has 2 nitrogen and oxygen atoms in total. The monoisotopic (exact) mass is 341 g/mol. The lowest BCUT2D eigenvalue weighted by molar-refractivity contribution is -0.0233. The molecular formula is C21H27NOS. The molecule has 0 spiro atoms. The number of rotatable bonds is 5. The second kappa shape index (κ2) is 7.38. The summed E-state index contributed by atoms with van der Waals surface area (Å²) in [6.07, 6.45) is 7.78. The van der Waals surface area contributed by atoms with E-state index in [0.717, 1.165) is 6.54 Å². The molecule has 128 valence electrons. The number of ether oxygens (including phenoxy) is 1. The van der Waals surface area contributed by atoms with Gasteiger partial charge in [-0.2, -0.15) is 0 Å². The Morgan fingerprint density at radius 3 is 2.88 bits per heavy atom. The second-order valence-electron chi connectivity index (χ2n) is 7.19. The highest BCUT2D eigenvalue weighted by Crippen LogP contribution is 2.36. The summed E-state index contributed by atoms with van der Waals surface area (Å²) in [5.41, 5.74) is 3.15. The molecule has 1 saturated heterocycles. The summed E-state index contributed by atoms with van der Waals surface area (Å²) in [7, 11) is 1.88. The predicted molar refractivity (Wildman–Crippen MR) is 101 cm³/mol. The van der Waals surface area contributed by atoms with E-state index in [1.54, 1.807) is 11.1 Å². The minimum atomic E-state index is 0.295.